The Bertz CT molecular complexity index is 1330. The van der Waals surface area contributed by atoms with Gasteiger partial charge in [-0.05, 0) is 12.8 Å². The molecule has 3 fully saturated rings. The molecule has 0 aromatic carbocycles. The van der Waals surface area contributed by atoms with Crippen LogP contribution in [0.15, 0.2) is 0 Å². The maximum absolute atomic E-state index is 12.9. The van der Waals surface area contributed by atoms with Crippen LogP contribution < -0.4 is 10.6 Å². The Hall–Kier alpha value is -2.72. The van der Waals surface area contributed by atoms with Crippen LogP contribution in [-0.4, -0.2) is 206 Å². The van der Waals surface area contributed by atoms with Crippen molar-refractivity contribution in [3.8, 4) is 0 Å². The number of nitrogens with one attached hydrogen (secondary N) is 2. The number of carbonyl (C=O) groups excluding carboxylic acids is 3. The van der Waals surface area contributed by atoms with Gasteiger partial charge in [0.15, 0.2) is 12.6 Å². The molecule has 3 aliphatic rings. The second kappa shape index (κ2) is 24.1. The van der Waals surface area contributed by atoms with Gasteiger partial charge in [-0.15, -0.1) is 0 Å². The lowest BCUT2D eigenvalue weighted by Gasteiger charge is -2.51. The van der Waals surface area contributed by atoms with E-state index in [1.165, 1.54) is 7.11 Å². The zero-order valence-electron chi connectivity index (χ0n) is 33.3. The number of carboxylic acid groups (broad SMARTS) is 1. The number of carbonyl (C=O) groups is 4. The lowest BCUT2D eigenvalue weighted by molar-refractivity contribution is -0.381. The first-order chi connectivity index (χ1) is 28.0. The van der Waals surface area contributed by atoms with Crippen molar-refractivity contribution in [1.29, 1.82) is 0 Å². The van der Waals surface area contributed by atoms with Gasteiger partial charge in [0.1, 0.15) is 67.1 Å². The second-order valence-corrected chi connectivity index (χ2v) is 14.7. The van der Waals surface area contributed by atoms with Crippen LogP contribution in [0.3, 0.4) is 0 Å². The summed E-state index contributed by atoms with van der Waals surface area (Å²) in [5.41, 5.74) is 0. The van der Waals surface area contributed by atoms with Crippen molar-refractivity contribution in [3.05, 3.63) is 0 Å². The van der Waals surface area contributed by atoms with Gasteiger partial charge in [0.2, 0.25) is 11.8 Å². The quantitative estimate of drug-likeness (QED) is 0.0339. The highest BCUT2D eigenvalue weighted by atomic mass is 16.8. The number of methoxy groups -OCH3 is 1. The molecular weight excluding hydrogens is 796 g/mol. The molecule has 23 heteroatoms. The smallest absolute Gasteiger partial charge is 0.364 e. The van der Waals surface area contributed by atoms with Crippen LogP contribution in [0.2, 0.25) is 0 Å². The SMILES string of the molecule is CCC(=O)N[C@H]1[C@H](OCCCCCCCCC(=O)OC)O[C@H](CO)[C@@H](O)[C@@H]1O[C@@H]1O[C@H](CO)[C@H](O)[C@H](O[C@]2(C(=O)O)C[C@H](O)[C@@H](NC(C)=O)[C@H]([C@H](O)[C@H](O)CO)O2)[C@H]1O. The Balaban J connectivity index is 1.87. The van der Waals surface area contributed by atoms with E-state index in [4.69, 9.17) is 28.4 Å². The van der Waals surface area contributed by atoms with Crippen LogP contribution in [0, 0.1) is 0 Å². The summed E-state index contributed by atoms with van der Waals surface area (Å²) < 4.78 is 39.4. The number of ether oxygens (including phenoxy) is 7. The molecule has 59 heavy (non-hydrogen) atoms. The lowest BCUT2D eigenvalue weighted by atomic mass is 9.88. The van der Waals surface area contributed by atoms with E-state index < -0.39 is 142 Å². The number of unbranched alkanes of at least 4 members (excludes halogenated alkanes) is 5. The van der Waals surface area contributed by atoms with E-state index >= 15 is 0 Å². The summed E-state index contributed by atoms with van der Waals surface area (Å²) in [5.74, 6) is -6.60. The Kier molecular flexibility index (Phi) is 20.6. The summed E-state index contributed by atoms with van der Waals surface area (Å²) in [6, 6.07) is -2.89. The molecule has 3 heterocycles. The number of hydrogen-bond donors (Lipinski definition) is 12. The third kappa shape index (κ3) is 13.4. The third-order valence-electron chi connectivity index (χ3n) is 10.4. The first kappa shape index (κ1) is 50.6. The maximum atomic E-state index is 12.9. The minimum Gasteiger partial charge on any atom is -0.477 e. The third-order valence-corrected chi connectivity index (χ3v) is 10.4. The van der Waals surface area contributed by atoms with E-state index in [1.807, 2.05) is 0 Å². The van der Waals surface area contributed by atoms with Gasteiger partial charge in [-0.3, -0.25) is 14.4 Å². The van der Waals surface area contributed by atoms with E-state index in [1.54, 1.807) is 6.92 Å². The van der Waals surface area contributed by atoms with Gasteiger partial charge in [0, 0.05) is 32.8 Å². The molecule has 0 spiro atoms. The van der Waals surface area contributed by atoms with Gasteiger partial charge in [-0.2, -0.15) is 0 Å². The highest BCUT2D eigenvalue weighted by Gasteiger charge is 2.60. The van der Waals surface area contributed by atoms with Gasteiger partial charge in [0.25, 0.3) is 5.79 Å². The molecule has 23 nitrogen and oxygen atoms in total. The predicted molar refractivity (Wildman–Crippen MR) is 194 cm³/mol. The summed E-state index contributed by atoms with van der Waals surface area (Å²) in [7, 11) is 1.33. The number of aliphatic hydroxyl groups is 9. The standard InChI is InChI=1S/C36H62N2O21/c1-4-22(45)38-25-30(27(48)20(15-40)55-33(25)54-12-10-8-6-5-7-9-11-23(46)53-3)57-34-29(50)32(28(49)21(16-41)56-34)59-36(35(51)52)13-18(43)24(37-17(2)42)31(58-36)26(47)19(44)14-39/h18-21,24-34,39-41,43-44,47-50H,4-16H2,1-3H3,(H,37,42)(H,38,45)(H,51,52)/t18-,19+,20+,21+,24+,25+,26+,27+,28-,29+,30+,31+,32-,33+,34-,36-/m0/s1. The molecule has 3 rings (SSSR count). The summed E-state index contributed by atoms with van der Waals surface area (Å²) in [5, 5.41) is 111. The Morgan fingerprint density at radius 1 is 0.814 bits per heavy atom. The Morgan fingerprint density at radius 3 is 1.97 bits per heavy atom. The second-order valence-electron chi connectivity index (χ2n) is 14.7. The van der Waals surface area contributed by atoms with E-state index in [0.29, 0.717) is 19.3 Å². The van der Waals surface area contributed by atoms with Crippen molar-refractivity contribution in [2.45, 2.75) is 169 Å². The average Bonchev–Trinajstić information content (AvgIpc) is 3.21. The monoisotopic (exact) mass is 858 g/mol. The first-order valence-electron chi connectivity index (χ1n) is 19.7. The van der Waals surface area contributed by atoms with E-state index in [2.05, 4.69) is 15.4 Å². The van der Waals surface area contributed by atoms with Crippen LogP contribution in [0.4, 0.5) is 0 Å². The Morgan fingerprint density at radius 2 is 1.41 bits per heavy atom. The molecular formula is C36H62N2O21. The van der Waals surface area contributed by atoms with Crippen molar-refractivity contribution in [2.75, 3.05) is 33.5 Å². The molecule has 12 N–H and O–H groups in total. The number of esters is 1. The molecule has 0 bridgehead atoms. The first-order valence-corrected chi connectivity index (χ1v) is 19.7. The van der Waals surface area contributed by atoms with Gasteiger partial charge < -0.3 is 94.9 Å². The summed E-state index contributed by atoms with van der Waals surface area (Å²) >= 11 is 0. The fourth-order valence-corrected chi connectivity index (χ4v) is 7.12. The number of amides is 2. The van der Waals surface area contributed by atoms with E-state index in [-0.39, 0.29) is 19.0 Å². The Labute approximate surface area is 340 Å². The number of rotatable bonds is 23. The minimum atomic E-state index is -3.05. The van der Waals surface area contributed by atoms with E-state index in [0.717, 1.165) is 32.6 Å². The average molecular weight is 859 g/mol. The number of aliphatic hydroxyl groups excluding tert-OH is 9. The molecule has 0 aliphatic carbocycles. The molecule has 0 aromatic rings. The highest BCUT2D eigenvalue weighted by Crippen LogP contribution is 2.38. The molecule has 0 unspecified atom stereocenters. The molecule has 3 aliphatic heterocycles. The van der Waals surface area contributed by atoms with Gasteiger partial charge >= 0.3 is 11.9 Å². The van der Waals surface area contributed by atoms with Crippen LogP contribution in [-0.2, 0) is 52.3 Å². The molecule has 342 valence electrons. The molecule has 2 amide bonds. The molecule has 3 saturated heterocycles. The van der Waals surface area contributed by atoms with Crippen molar-refractivity contribution in [3.63, 3.8) is 0 Å². The lowest BCUT2D eigenvalue weighted by Crippen LogP contribution is -2.71. The van der Waals surface area contributed by atoms with Crippen molar-refractivity contribution >= 4 is 23.8 Å². The topological polar surface area (TPSA) is 359 Å². The van der Waals surface area contributed by atoms with Crippen LogP contribution >= 0.6 is 0 Å². The minimum absolute atomic E-state index is 0.0420. The van der Waals surface area contributed by atoms with Crippen LogP contribution in [0.5, 0.6) is 0 Å². The molecule has 16 atom stereocenters. The molecule has 0 radical (unpaired) electrons. The number of aliphatic carboxylic acids is 1. The highest BCUT2D eigenvalue weighted by molar-refractivity contribution is 5.77. The van der Waals surface area contributed by atoms with Gasteiger partial charge in [-0.25, -0.2) is 4.79 Å². The molecule has 0 saturated carbocycles. The van der Waals surface area contributed by atoms with Crippen LogP contribution in [0.25, 0.3) is 0 Å². The number of carboxylic acids is 1. The van der Waals surface area contributed by atoms with Crippen molar-refractivity contribution in [2.24, 2.45) is 0 Å². The van der Waals surface area contributed by atoms with Crippen LogP contribution in [0.1, 0.15) is 71.6 Å². The number of hydrogen-bond acceptors (Lipinski definition) is 20. The fraction of sp³-hybridized carbons (Fsp3) is 0.889. The normalized spacial score (nSPS) is 36.0. The predicted octanol–water partition coefficient (Wildman–Crippen LogP) is -4.76. The summed E-state index contributed by atoms with van der Waals surface area (Å²) in [6.07, 6.45) is -20.3. The van der Waals surface area contributed by atoms with E-state index in [9.17, 15) is 70.2 Å². The summed E-state index contributed by atoms with van der Waals surface area (Å²) in [4.78, 5) is 48.9. The fourth-order valence-electron chi connectivity index (χ4n) is 7.12. The van der Waals surface area contributed by atoms with Crippen molar-refractivity contribution < 1.29 is 103 Å². The summed E-state index contributed by atoms with van der Waals surface area (Å²) in [6.45, 7) is -0.113. The maximum Gasteiger partial charge on any atom is 0.364 e. The van der Waals surface area contributed by atoms with Crippen molar-refractivity contribution in [1.82, 2.24) is 10.6 Å². The molecule has 0 aromatic heterocycles. The zero-order chi connectivity index (χ0) is 44.0. The van der Waals surface area contributed by atoms with Gasteiger partial charge in [-0.1, -0.05) is 32.6 Å². The largest absolute Gasteiger partial charge is 0.477 e. The zero-order valence-corrected chi connectivity index (χ0v) is 33.3. The van der Waals surface area contributed by atoms with Gasteiger partial charge in [0.05, 0.1) is 39.1 Å².